The summed E-state index contributed by atoms with van der Waals surface area (Å²) in [7, 11) is 2.05. The summed E-state index contributed by atoms with van der Waals surface area (Å²) in [6.07, 6.45) is 2.62. The SMILES string of the molecule is CC[C@@H](O)CN1CCOCC1c1cccn1C. The van der Waals surface area contributed by atoms with E-state index in [1.54, 1.807) is 0 Å². The summed E-state index contributed by atoms with van der Waals surface area (Å²) in [5.74, 6) is 0. The highest BCUT2D eigenvalue weighted by Gasteiger charge is 2.27. The summed E-state index contributed by atoms with van der Waals surface area (Å²) in [4.78, 5) is 2.33. The lowest BCUT2D eigenvalue weighted by atomic mass is 10.1. The first kappa shape index (κ1) is 12.6. The number of β-amino-alcohol motifs (C(OH)–C–C–N with tert-alkyl or cyclic N) is 1. The largest absolute Gasteiger partial charge is 0.392 e. The maximum atomic E-state index is 9.81. The summed E-state index contributed by atoms with van der Waals surface area (Å²) in [6, 6.07) is 4.45. The van der Waals surface area contributed by atoms with E-state index in [9.17, 15) is 5.11 Å². The Kier molecular flexibility index (Phi) is 4.20. The van der Waals surface area contributed by atoms with Crippen molar-refractivity contribution in [2.24, 2.45) is 7.05 Å². The number of hydrogen-bond acceptors (Lipinski definition) is 3. The van der Waals surface area contributed by atoms with E-state index in [4.69, 9.17) is 4.74 Å². The van der Waals surface area contributed by atoms with Crippen LogP contribution in [0.15, 0.2) is 18.3 Å². The zero-order chi connectivity index (χ0) is 12.3. The van der Waals surface area contributed by atoms with Gasteiger partial charge in [-0.05, 0) is 18.6 Å². The highest BCUT2D eigenvalue weighted by Crippen LogP contribution is 2.24. The third kappa shape index (κ3) is 2.89. The van der Waals surface area contributed by atoms with Crippen LogP contribution in [0.25, 0.3) is 0 Å². The van der Waals surface area contributed by atoms with E-state index >= 15 is 0 Å². The first-order chi connectivity index (χ1) is 8.22. The molecule has 2 rings (SSSR count). The molecule has 0 amide bonds. The van der Waals surface area contributed by atoms with Gasteiger partial charge in [0.25, 0.3) is 0 Å². The summed E-state index contributed by atoms with van der Waals surface area (Å²) >= 11 is 0. The molecule has 0 saturated carbocycles. The predicted octanol–water partition coefficient (Wildman–Crippen LogP) is 1.17. The van der Waals surface area contributed by atoms with Gasteiger partial charge in [-0.2, -0.15) is 0 Å². The van der Waals surface area contributed by atoms with Crippen molar-refractivity contribution in [1.29, 1.82) is 0 Å². The molecule has 1 aromatic heterocycles. The molecule has 1 aliphatic heterocycles. The molecule has 1 aromatic rings. The van der Waals surface area contributed by atoms with Crippen molar-refractivity contribution in [3.05, 3.63) is 24.0 Å². The van der Waals surface area contributed by atoms with Gasteiger partial charge in [-0.3, -0.25) is 4.90 Å². The molecule has 0 aliphatic carbocycles. The average Bonchev–Trinajstić information content (AvgIpc) is 2.76. The van der Waals surface area contributed by atoms with E-state index < -0.39 is 0 Å². The van der Waals surface area contributed by atoms with Crippen LogP contribution in [0.2, 0.25) is 0 Å². The van der Waals surface area contributed by atoms with Gasteiger partial charge >= 0.3 is 0 Å². The van der Waals surface area contributed by atoms with Crippen molar-refractivity contribution in [2.75, 3.05) is 26.3 Å². The second kappa shape index (κ2) is 5.67. The molecule has 0 radical (unpaired) electrons. The van der Waals surface area contributed by atoms with E-state index in [2.05, 4.69) is 34.8 Å². The second-order valence-electron chi connectivity index (χ2n) is 4.69. The molecule has 96 valence electrons. The van der Waals surface area contributed by atoms with Crippen molar-refractivity contribution in [2.45, 2.75) is 25.5 Å². The number of aliphatic hydroxyl groups is 1. The molecule has 1 fully saturated rings. The Balaban J connectivity index is 2.09. The lowest BCUT2D eigenvalue weighted by molar-refractivity contribution is -0.0300. The number of nitrogens with zero attached hydrogens (tertiary/aromatic N) is 2. The Morgan fingerprint density at radius 3 is 3.06 bits per heavy atom. The van der Waals surface area contributed by atoms with Crippen molar-refractivity contribution in [1.82, 2.24) is 9.47 Å². The lowest BCUT2D eigenvalue weighted by Gasteiger charge is -2.36. The Bertz CT molecular complexity index is 351. The van der Waals surface area contributed by atoms with Gasteiger partial charge in [-0.15, -0.1) is 0 Å². The van der Waals surface area contributed by atoms with Crippen LogP contribution in [0.5, 0.6) is 0 Å². The minimum atomic E-state index is -0.240. The average molecular weight is 238 g/mol. The predicted molar refractivity (Wildman–Crippen MR) is 66.8 cm³/mol. The van der Waals surface area contributed by atoms with Crippen LogP contribution in [0.4, 0.5) is 0 Å². The number of aryl methyl sites for hydroxylation is 1. The molecule has 0 spiro atoms. The molecular formula is C13H22N2O2. The molecule has 4 nitrogen and oxygen atoms in total. The van der Waals surface area contributed by atoms with Gasteiger partial charge in [-0.25, -0.2) is 0 Å². The highest BCUT2D eigenvalue weighted by atomic mass is 16.5. The molecule has 1 N–H and O–H groups in total. The maximum absolute atomic E-state index is 9.81. The fourth-order valence-electron chi connectivity index (χ4n) is 2.35. The first-order valence-electron chi connectivity index (χ1n) is 6.33. The van der Waals surface area contributed by atoms with Crippen LogP contribution in [-0.4, -0.2) is 47.0 Å². The zero-order valence-electron chi connectivity index (χ0n) is 10.7. The summed E-state index contributed by atoms with van der Waals surface area (Å²) in [6.45, 7) is 5.12. The zero-order valence-corrected chi connectivity index (χ0v) is 10.7. The third-order valence-corrected chi connectivity index (χ3v) is 3.48. The lowest BCUT2D eigenvalue weighted by Crippen LogP contribution is -2.43. The number of aliphatic hydroxyl groups excluding tert-OH is 1. The number of rotatable bonds is 4. The summed E-state index contributed by atoms with van der Waals surface area (Å²) < 4.78 is 7.70. The van der Waals surface area contributed by atoms with Crippen LogP contribution in [0.1, 0.15) is 25.1 Å². The van der Waals surface area contributed by atoms with E-state index in [1.165, 1.54) is 5.69 Å². The van der Waals surface area contributed by atoms with Gasteiger partial charge in [-0.1, -0.05) is 6.92 Å². The van der Waals surface area contributed by atoms with Gasteiger partial charge < -0.3 is 14.4 Å². The minimum absolute atomic E-state index is 0.240. The van der Waals surface area contributed by atoms with Crippen LogP contribution in [0, 0.1) is 0 Å². The van der Waals surface area contributed by atoms with Crippen molar-refractivity contribution >= 4 is 0 Å². The molecule has 4 heteroatoms. The minimum Gasteiger partial charge on any atom is -0.392 e. The molecule has 1 saturated heterocycles. The van der Waals surface area contributed by atoms with Crippen LogP contribution >= 0.6 is 0 Å². The Morgan fingerprint density at radius 2 is 2.41 bits per heavy atom. The first-order valence-corrected chi connectivity index (χ1v) is 6.33. The van der Waals surface area contributed by atoms with Gasteiger partial charge in [0.05, 0.1) is 25.4 Å². The summed E-state index contributed by atoms with van der Waals surface area (Å²) in [5, 5.41) is 9.81. The molecule has 0 bridgehead atoms. The quantitative estimate of drug-likeness (QED) is 0.855. The fourth-order valence-corrected chi connectivity index (χ4v) is 2.35. The van der Waals surface area contributed by atoms with Gasteiger partial charge in [0.15, 0.2) is 0 Å². The van der Waals surface area contributed by atoms with E-state index in [-0.39, 0.29) is 12.1 Å². The topological polar surface area (TPSA) is 37.6 Å². The molecule has 1 unspecified atom stereocenters. The molecule has 1 aliphatic rings. The molecular weight excluding hydrogens is 216 g/mol. The summed E-state index contributed by atoms with van der Waals surface area (Å²) in [5.41, 5.74) is 1.26. The molecule has 2 atom stereocenters. The standard InChI is InChI=1S/C13H22N2O2/c1-3-11(16)9-15-7-8-17-10-13(15)12-5-4-6-14(12)2/h4-6,11,13,16H,3,7-10H2,1-2H3/t11-,13?/m1/s1. The maximum Gasteiger partial charge on any atom is 0.0739 e. The highest BCUT2D eigenvalue weighted by molar-refractivity contribution is 5.12. The van der Waals surface area contributed by atoms with Crippen molar-refractivity contribution < 1.29 is 9.84 Å². The van der Waals surface area contributed by atoms with Crippen molar-refractivity contribution in [3.63, 3.8) is 0 Å². The number of aromatic nitrogens is 1. The normalized spacial score (nSPS) is 23.8. The van der Waals surface area contributed by atoms with Gasteiger partial charge in [0.1, 0.15) is 0 Å². The van der Waals surface area contributed by atoms with E-state index in [1.807, 2.05) is 6.92 Å². The second-order valence-corrected chi connectivity index (χ2v) is 4.69. The molecule has 2 heterocycles. The van der Waals surface area contributed by atoms with Crippen LogP contribution in [0.3, 0.4) is 0 Å². The van der Waals surface area contributed by atoms with Gasteiger partial charge in [0.2, 0.25) is 0 Å². The van der Waals surface area contributed by atoms with Gasteiger partial charge in [0, 0.05) is 32.0 Å². The molecule has 17 heavy (non-hydrogen) atoms. The van der Waals surface area contributed by atoms with E-state index in [0.29, 0.717) is 6.61 Å². The van der Waals surface area contributed by atoms with E-state index in [0.717, 1.165) is 26.1 Å². The molecule has 0 aromatic carbocycles. The monoisotopic (exact) mass is 238 g/mol. The van der Waals surface area contributed by atoms with Crippen LogP contribution in [-0.2, 0) is 11.8 Å². The number of ether oxygens (including phenoxy) is 1. The Hall–Kier alpha value is -0.840. The van der Waals surface area contributed by atoms with Crippen molar-refractivity contribution in [3.8, 4) is 0 Å². The Morgan fingerprint density at radius 1 is 1.59 bits per heavy atom. The van der Waals surface area contributed by atoms with Crippen LogP contribution < -0.4 is 0 Å². The third-order valence-electron chi connectivity index (χ3n) is 3.48. The smallest absolute Gasteiger partial charge is 0.0739 e. The Labute approximate surface area is 103 Å². The number of morpholine rings is 1. The number of hydrogen-bond donors (Lipinski definition) is 1. The fraction of sp³-hybridized carbons (Fsp3) is 0.692.